The van der Waals surface area contributed by atoms with Gasteiger partial charge in [-0.1, -0.05) is 43.2 Å². The van der Waals surface area contributed by atoms with E-state index >= 15 is 0 Å². The van der Waals surface area contributed by atoms with Crippen molar-refractivity contribution in [2.75, 3.05) is 5.75 Å². The molecule has 3 N–H and O–H groups in total. The van der Waals surface area contributed by atoms with Gasteiger partial charge in [-0.25, -0.2) is 8.42 Å². The number of aromatic nitrogens is 1. The first-order valence-corrected chi connectivity index (χ1v) is 13.6. The second-order valence-electron chi connectivity index (χ2n) is 9.13. The fourth-order valence-electron chi connectivity index (χ4n) is 4.01. The zero-order valence-corrected chi connectivity index (χ0v) is 20.5. The van der Waals surface area contributed by atoms with Crippen LogP contribution in [0.15, 0.2) is 84.0 Å². The van der Waals surface area contributed by atoms with Crippen LogP contribution in [0.4, 0.5) is 0 Å². The number of hydrogen-bond acceptors (Lipinski definition) is 7. The predicted molar refractivity (Wildman–Crippen MR) is 136 cm³/mol. The van der Waals surface area contributed by atoms with Gasteiger partial charge >= 0.3 is 7.12 Å². The first kappa shape index (κ1) is 25.9. The molecule has 1 aliphatic carbocycles. The molecule has 1 fully saturated rings. The zero-order chi connectivity index (χ0) is 25.5. The van der Waals surface area contributed by atoms with Gasteiger partial charge in [-0.05, 0) is 60.7 Å². The van der Waals surface area contributed by atoms with E-state index in [1.54, 1.807) is 36.7 Å². The third kappa shape index (κ3) is 7.40. The summed E-state index contributed by atoms with van der Waals surface area (Å²) in [5.41, 5.74) is 0.817. The van der Waals surface area contributed by atoms with Gasteiger partial charge in [0.2, 0.25) is 5.91 Å². The minimum absolute atomic E-state index is 0.0761. The lowest BCUT2D eigenvalue weighted by Crippen LogP contribution is -2.50. The van der Waals surface area contributed by atoms with E-state index in [9.17, 15) is 23.3 Å². The highest BCUT2D eigenvalue weighted by Gasteiger charge is 2.35. The summed E-state index contributed by atoms with van der Waals surface area (Å²) in [7, 11) is -5.54. The molecule has 3 aromatic rings. The van der Waals surface area contributed by atoms with Crippen molar-refractivity contribution >= 4 is 22.9 Å². The average Bonchev–Trinajstić information content (AvgIpc) is 3.69. The molecule has 2 aromatic carbocycles. The molecule has 1 aliphatic rings. The lowest BCUT2D eigenvalue weighted by molar-refractivity contribution is -0.124. The molecular weight excluding hydrogens is 479 g/mol. The summed E-state index contributed by atoms with van der Waals surface area (Å²) >= 11 is 0. The number of benzene rings is 2. The molecule has 0 aliphatic heterocycles. The molecule has 188 valence electrons. The molecular formula is C26H29BN2O6S. The Labute approximate surface area is 211 Å². The van der Waals surface area contributed by atoms with Gasteiger partial charge in [0.15, 0.2) is 9.84 Å². The van der Waals surface area contributed by atoms with E-state index in [0.717, 1.165) is 18.4 Å². The molecule has 0 saturated heterocycles. The number of pyridine rings is 1. The smallest absolute Gasteiger partial charge is 0.457 e. The van der Waals surface area contributed by atoms with Crippen molar-refractivity contribution in [2.45, 2.75) is 36.5 Å². The van der Waals surface area contributed by atoms with E-state index in [-0.39, 0.29) is 11.3 Å². The van der Waals surface area contributed by atoms with Crippen LogP contribution < -0.4 is 10.1 Å². The highest BCUT2D eigenvalue weighted by Crippen LogP contribution is 2.34. The van der Waals surface area contributed by atoms with Crippen LogP contribution in [-0.2, 0) is 21.1 Å². The van der Waals surface area contributed by atoms with Crippen LogP contribution in [-0.4, -0.2) is 48.2 Å². The zero-order valence-electron chi connectivity index (χ0n) is 19.7. The summed E-state index contributed by atoms with van der Waals surface area (Å²) in [6.07, 6.45) is 5.82. The summed E-state index contributed by atoms with van der Waals surface area (Å²) in [5.74, 6) is -1.29. The number of carbonyl (C=O) groups excluding carboxylic acids is 1. The molecule has 8 nitrogen and oxygen atoms in total. The van der Waals surface area contributed by atoms with Gasteiger partial charge < -0.3 is 20.1 Å². The minimum Gasteiger partial charge on any atom is -0.457 e. The van der Waals surface area contributed by atoms with Crippen LogP contribution in [0.3, 0.4) is 0 Å². The summed E-state index contributed by atoms with van der Waals surface area (Å²) in [4.78, 5) is 17.2. The van der Waals surface area contributed by atoms with Crippen LogP contribution in [0.1, 0.15) is 24.8 Å². The van der Waals surface area contributed by atoms with Gasteiger partial charge in [0, 0.05) is 12.4 Å². The standard InChI is InChI=1S/C26H29BN2O6S/c30-26(29-25(27(31)32)17-20-6-7-20)21(16-19-4-2-1-3-5-19)18-36(33,34)24-10-8-22(9-11-24)35-23-12-14-28-15-13-23/h1-5,8-15,20-21,25,31-32H,6-7,16-18H2,(H,29,30)/t21-,25+/m1/s1. The highest BCUT2D eigenvalue weighted by molar-refractivity contribution is 7.91. The molecule has 10 heteroatoms. The minimum atomic E-state index is -3.83. The molecule has 36 heavy (non-hydrogen) atoms. The van der Waals surface area contributed by atoms with E-state index in [1.807, 2.05) is 30.3 Å². The van der Waals surface area contributed by atoms with Crippen molar-refractivity contribution in [3.05, 3.63) is 84.7 Å². The van der Waals surface area contributed by atoms with Gasteiger partial charge in [-0.2, -0.15) is 0 Å². The van der Waals surface area contributed by atoms with E-state index < -0.39 is 40.5 Å². The number of ether oxygens (including phenoxy) is 1. The molecule has 0 bridgehead atoms. The van der Waals surface area contributed by atoms with Crippen LogP contribution in [0.5, 0.6) is 11.5 Å². The molecule has 4 rings (SSSR count). The summed E-state index contributed by atoms with van der Waals surface area (Å²) < 4.78 is 32.3. The van der Waals surface area contributed by atoms with Gasteiger partial charge in [0.05, 0.1) is 22.5 Å². The highest BCUT2D eigenvalue weighted by atomic mass is 32.2. The van der Waals surface area contributed by atoms with Crippen LogP contribution in [0.25, 0.3) is 0 Å². The fraction of sp³-hybridized carbons (Fsp3) is 0.308. The SMILES string of the molecule is O=C(N[C@@H](CC1CC1)B(O)O)[C@H](Cc1ccccc1)CS(=O)(=O)c1ccc(Oc2ccncc2)cc1. The Morgan fingerprint density at radius 2 is 1.64 bits per heavy atom. The molecule has 2 atom stereocenters. The Bertz CT molecular complexity index is 1240. The van der Waals surface area contributed by atoms with Crippen LogP contribution in [0.2, 0.25) is 0 Å². The van der Waals surface area contributed by atoms with Crippen molar-refractivity contribution < 1.29 is 28.0 Å². The fourth-order valence-corrected chi connectivity index (χ4v) is 5.55. The first-order valence-electron chi connectivity index (χ1n) is 11.9. The number of amides is 1. The summed E-state index contributed by atoms with van der Waals surface area (Å²) in [6, 6.07) is 18.6. The number of hydrogen-bond donors (Lipinski definition) is 3. The van der Waals surface area contributed by atoms with Crippen molar-refractivity contribution in [1.29, 1.82) is 0 Å². The molecule has 1 heterocycles. The molecule has 1 amide bonds. The number of rotatable bonds is 12. The average molecular weight is 508 g/mol. The van der Waals surface area contributed by atoms with Gasteiger partial charge in [-0.3, -0.25) is 9.78 Å². The molecule has 0 radical (unpaired) electrons. The monoisotopic (exact) mass is 508 g/mol. The molecule has 0 spiro atoms. The van der Waals surface area contributed by atoms with E-state index in [4.69, 9.17) is 4.74 Å². The Kier molecular flexibility index (Phi) is 8.40. The second kappa shape index (κ2) is 11.7. The largest absolute Gasteiger partial charge is 0.475 e. The number of nitrogens with zero attached hydrogens (tertiary/aromatic N) is 1. The predicted octanol–water partition coefficient (Wildman–Crippen LogP) is 2.80. The molecule has 0 unspecified atom stereocenters. The maximum atomic E-state index is 13.3. The lowest BCUT2D eigenvalue weighted by Gasteiger charge is -2.22. The Hall–Kier alpha value is -3.21. The van der Waals surface area contributed by atoms with Crippen LogP contribution >= 0.6 is 0 Å². The Balaban J connectivity index is 1.50. The third-order valence-electron chi connectivity index (χ3n) is 6.16. The number of sulfone groups is 1. The summed E-state index contributed by atoms with van der Waals surface area (Å²) in [5, 5.41) is 22.2. The third-order valence-corrected chi connectivity index (χ3v) is 7.99. The quantitative estimate of drug-likeness (QED) is 0.321. The van der Waals surface area contributed by atoms with Crippen LogP contribution in [0, 0.1) is 11.8 Å². The van der Waals surface area contributed by atoms with Crippen molar-refractivity contribution in [2.24, 2.45) is 11.8 Å². The topological polar surface area (TPSA) is 126 Å². The van der Waals surface area contributed by atoms with E-state index in [2.05, 4.69) is 10.3 Å². The maximum absolute atomic E-state index is 13.3. The Morgan fingerprint density at radius 3 is 2.25 bits per heavy atom. The van der Waals surface area contributed by atoms with Crippen molar-refractivity contribution in [1.82, 2.24) is 10.3 Å². The lowest BCUT2D eigenvalue weighted by atomic mass is 9.76. The van der Waals surface area contributed by atoms with E-state index in [1.165, 1.54) is 12.1 Å². The van der Waals surface area contributed by atoms with Gasteiger partial charge in [0.1, 0.15) is 11.5 Å². The van der Waals surface area contributed by atoms with Gasteiger partial charge in [0.25, 0.3) is 0 Å². The molecule has 1 saturated carbocycles. The second-order valence-corrected chi connectivity index (χ2v) is 11.2. The summed E-state index contributed by atoms with van der Waals surface area (Å²) in [6.45, 7) is 0. The van der Waals surface area contributed by atoms with E-state index in [0.29, 0.717) is 23.8 Å². The number of nitrogens with one attached hydrogen (secondary N) is 1. The molecule has 1 aromatic heterocycles. The van der Waals surface area contributed by atoms with Crippen molar-refractivity contribution in [3.63, 3.8) is 0 Å². The normalized spacial score (nSPS) is 15.1. The van der Waals surface area contributed by atoms with Gasteiger partial charge in [-0.15, -0.1) is 0 Å². The first-order chi connectivity index (χ1) is 17.3. The van der Waals surface area contributed by atoms with Crippen molar-refractivity contribution in [3.8, 4) is 11.5 Å². The Morgan fingerprint density at radius 1 is 1.00 bits per heavy atom. The number of carbonyl (C=O) groups is 1. The maximum Gasteiger partial charge on any atom is 0.475 e.